The van der Waals surface area contributed by atoms with Gasteiger partial charge in [0.2, 0.25) is 0 Å². The molecule has 0 atom stereocenters. The summed E-state index contributed by atoms with van der Waals surface area (Å²) >= 11 is 0. The highest BCUT2D eigenvalue weighted by Gasteiger charge is 2.22. The fraction of sp³-hybridized carbons (Fsp3) is 0.394. The number of aryl methyl sites for hydroxylation is 4. The molecular weight excluding hydrogens is 539 g/mol. The first-order valence-electron chi connectivity index (χ1n) is 15.0. The van der Waals surface area contributed by atoms with Crippen molar-refractivity contribution in [2.75, 3.05) is 18.5 Å². The average Bonchev–Trinajstić information content (AvgIpc) is 3.43. The maximum Gasteiger partial charge on any atom is 0.251 e. The largest absolute Gasteiger partial charge is 0.381 e. The smallest absolute Gasteiger partial charge is 0.251 e. The van der Waals surface area contributed by atoms with Gasteiger partial charge in [-0.2, -0.15) is 5.10 Å². The first kappa shape index (κ1) is 30.3. The van der Waals surface area contributed by atoms with Gasteiger partial charge in [-0.3, -0.25) is 9.59 Å². The summed E-state index contributed by atoms with van der Waals surface area (Å²) in [5.41, 5.74) is 7.94. The van der Waals surface area contributed by atoms with Gasteiger partial charge in [0.25, 0.3) is 11.8 Å². The van der Waals surface area contributed by atoms with Crippen molar-refractivity contribution in [3.05, 3.63) is 81.7 Å². The number of anilines is 1. The second-order valence-corrected chi connectivity index (χ2v) is 11.1. The molecule has 4 aromatic rings. The topological polar surface area (TPSA) is 110 Å². The number of pyridine rings is 1. The number of nitrogens with one attached hydrogen (secondary N) is 3. The number of carbonyl (C=O) groups is 2. The van der Waals surface area contributed by atoms with Crippen molar-refractivity contribution in [3.63, 3.8) is 0 Å². The Morgan fingerprint density at radius 1 is 1.00 bits per heavy atom. The van der Waals surface area contributed by atoms with E-state index in [0.29, 0.717) is 29.6 Å². The monoisotopic (exact) mass is 578 g/mol. The maximum atomic E-state index is 13.5. The van der Waals surface area contributed by atoms with Crippen molar-refractivity contribution in [1.29, 1.82) is 0 Å². The van der Waals surface area contributed by atoms with Crippen LogP contribution in [0.25, 0.3) is 11.0 Å². The molecule has 2 radical (unpaired) electrons. The van der Waals surface area contributed by atoms with Gasteiger partial charge in [-0.25, -0.2) is 9.67 Å². The van der Waals surface area contributed by atoms with Crippen LogP contribution in [0.5, 0.6) is 0 Å². The van der Waals surface area contributed by atoms with Gasteiger partial charge in [0.15, 0.2) is 5.65 Å². The minimum Gasteiger partial charge on any atom is -0.381 e. The highest BCUT2D eigenvalue weighted by atomic mass is 16.5. The van der Waals surface area contributed by atoms with E-state index in [9.17, 15) is 9.59 Å². The summed E-state index contributed by atoms with van der Waals surface area (Å²) in [6.07, 6.45) is 4.38. The van der Waals surface area contributed by atoms with Crippen molar-refractivity contribution in [2.24, 2.45) is 0 Å². The third kappa shape index (κ3) is 6.91. The fourth-order valence-corrected chi connectivity index (χ4v) is 5.50. The fourth-order valence-electron chi connectivity index (χ4n) is 5.50. The van der Waals surface area contributed by atoms with E-state index < -0.39 is 0 Å². The summed E-state index contributed by atoms with van der Waals surface area (Å²) in [5, 5.41) is 15.3. The molecule has 0 saturated carbocycles. The van der Waals surface area contributed by atoms with Gasteiger partial charge < -0.3 is 20.7 Å². The molecular formula is C33H39BN6O3. The lowest BCUT2D eigenvalue weighted by Crippen LogP contribution is -2.30. The molecule has 1 aliphatic rings. The number of aromatic nitrogens is 3. The summed E-state index contributed by atoms with van der Waals surface area (Å²) in [6.45, 7) is 10.7. The van der Waals surface area contributed by atoms with E-state index in [4.69, 9.17) is 17.6 Å². The van der Waals surface area contributed by atoms with Crippen LogP contribution in [0, 0.1) is 13.8 Å². The second kappa shape index (κ2) is 13.4. The zero-order valence-electron chi connectivity index (χ0n) is 25.4. The van der Waals surface area contributed by atoms with E-state index in [1.807, 2.05) is 49.8 Å². The quantitative estimate of drug-likeness (QED) is 0.247. The highest BCUT2D eigenvalue weighted by molar-refractivity contribution is 6.33. The Kier molecular flexibility index (Phi) is 9.45. The number of fused-ring (bicyclic) bond motifs is 1. The van der Waals surface area contributed by atoms with Crippen molar-refractivity contribution in [3.8, 4) is 0 Å². The van der Waals surface area contributed by atoms with Gasteiger partial charge in [-0.1, -0.05) is 36.1 Å². The third-order valence-electron chi connectivity index (χ3n) is 8.00. The lowest BCUT2D eigenvalue weighted by molar-refractivity contribution is 0.0904. The van der Waals surface area contributed by atoms with E-state index in [0.717, 1.165) is 77.3 Å². The number of benzene rings is 2. The summed E-state index contributed by atoms with van der Waals surface area (Å²) in [5.74, 6) is -0.511. The van der Waals surface area contributed by atoms with Crippen LogP contribution in [0.15, 0.2) is 42.6 Å². The molecule has 10 heteroatoms. The summed E-state index contributed by atoms with van der Waals surface area (Å²) < 4.78 is 7.47. The molecule has 0 unspecified atom stereocenters. The molecule has 3 N–H and O–H groups in total. The van der Waals surface area contributed by atoms with E-state index >= 15 is 0 Å². The number of rotatable bonds is 10. The lowest BCUT2D eigenvalue weighted by atomic mass is 9.89. The predicted octanol–water partition coefficient (Wildman–Crippen LogP) is 3.88. The molecule has 2 aromatic carbocycles. The van der Waals surface area contributed by atoms with Gasteiger partial charge in [0.05, 0.1) is 17.3 Å². The first-order valence-corrected chi connectivity index (χ1v) is 15.0. The zero-order valence-corrected chi connectivity index (χ0v) is 25.4. The standard InChI is InChI=1S/C33H39BN6O3/c1-5-29-26(30(38-25-9-11-43-12-10-25)27-19-37-40(6-2)31(27)39-29)18-36-33(42)24-14-20(3)13-23(16-24)32(41)35-17-22-8-7-21(4)28(34)15-22/h7-8,13-16,19,25H,5-6,9-12,17-18H2,1-4H3,(H,35,41)(H,36,42)(H,38,39). The SMILES string of the molecule is [B]c1cc(CNC(=O)c2cc(C)cc(C(=O)NCc3c(CC)nc4c(cnn4CC)c3NC3CCOCC3)c2)ccc1C. The normalized spacial score (nSPS) is 13.7. The number of amides is 2. The molecule has 9 nitrogen and oxygen atoms in total. The van der Waals surface area contributed by atoms with Crippen LogP contribution in [0.3, 0.4) is 0 Å². The van der Waals surface area contributed by atoms with Crippen molar-refractivity contribution >= 4 is 41.8 Å². The summed E-state index contributed by atoms with van der Waals surface area (Å²) in [7, 11) is 6.02. The predicted molar refractivity (Wildman–Crippen MR) is 170 cm³/mol. The molecule has 1 fully saturated rings. The lowest BCUT2D eigenvalue weighted by Gasteiger charge is -2.26. The molecule has 5 rings (SSSR count). The average molecular weight is 579 g/mol. The van der Waals surface area contributed by atoms with Crippen LogP contribution in [0.4, 0.5) is 5.69 Å². The number of hydrogen-bond donors (Lipinski definition) is 3. The molecule has 3 heterocycles. The van der Waals surface area contributed by atoms with Crippen LogP contribution < -0.4 is 21.4 Å². The van der Waals surface area contributed by atoms with Gasteiger partial charge in [-0.15, -0.1) is 0 Å². The first-order chi connectivity index (χ1) is 20.8. The minimum absolute atomic E-state index is 0.254. The van der Waals surface area contributed by atoms with Gasteiger partial charge in [-0.05, 0) is 69.4 Å². The molecule has 1 saturated heterocycles. The Hall–Kier alpha value is -4.18. The van der Waals surface area contributed by atoms with Gasteiger partial charge in [0, 0.05) is 61.3 Å². The molecule has 0 spiro atoms. The van der Waals surface area contributed by atoms with Crippen LogP contribution in [0.2, 0.25) is 0 Å². The summed E-state index contributed by atoms with van der Waals surface area (Å²) in [6, 6.07) is 11.2. The Bertz CT molecular complexity index is 1640. The Morgan fingerprint density at radius 2 is 1.70 bits per heavy atom. The molecule has 43 heavy (non-hydrogen) atoms. The van der Waals surface area contributed by atoms with Crippen LogP contribution in [-0.2, 0) is 30.8 Å². The molecule has 2 amide bonds. The number of hydrogen-bond acceptors (Lipinski definition) is 6. The zero-order chi connectivity index (χ0) is 30.5. The van der Waals surface area contributed by atoms with Crippen molar-refractivity contribution in [1.82, 2.24) is 25.4 Å². The van der Waals surface area contributed by atoms with Crippen molar-refractivity contribution in [2.45, 2.75) is 72.6 Å². The van der Waals surface area contributed by atoms with Crippen LogP contribution in [0.1, 0.15) is 75.4 Å². The molecule has 0 bridgehead atoms. The Labute approximate surface area is 254 Å². The minimum atomic E-state index is -0.257. The van der Waals surface area contributed by atoms with E-state index in [-0.39, 0.29) is 24.4 Å². The molecule has 2 aromatic heterocycles. The molecule has 0 aliphatic carbocycles. The van der Waals surface area contributed by atoms with Crippen LogP contribution >= 0.6 is 0 Å². The van der Waals surface area contributed by atoms with E-state index in [1.165, 1.54) is 0 Å². The van der Waals surface area contributed by atoms with Crippen molar-refractivity contribution < 1.29 is 14.3 Å². The number of ether oxygens (including phenoxy) is 1. The Morgan fingerprint density at radius 3 is 2.35 bits per heavy atom. The third-order valence-corrected chi connectivity index (χ3v) is 8.00. The number of nitrogens with zero attached hydrogens (tertiary/aromatic N) is 3. The maximum absolute atomic E-state index is 13.5. The van der Waals surface area contributed by atoms with Gasteiger partial charge in [0.1, 0.15) is 7.85 Å². The van der Waals surface area contributed by atoms with E-state index in [1.54, 1.807) is 18.2 Å². The number of carbonyl (C=O) groups excluding carboxylic acids is 2. The highest BCUT2D eigenvalue weighted by Crippen LogP contribution is 2.31. The molecule has 222 valence electrons. The van der Waals surface area contributed by atoms with Crippen LogP contribution in [-0.4, -0.2) is 53.7 Å². The second-order valence-electron chi connectivity index (χ2n) is 11.1. The summed E-state index contributed by atoms with van der Waals surface area (Å²) in [4.78, 5) is 31.5. The molecule has 1 aliphatic heterocycles. The van der Waals surface area contributed by atoms with Gasteiger partial charge >= 0.3 is 0 Å². The van der Waals surface area contributed by atoms with E-state index in [2.05, 4.69) is 28.0 Å². The Balaban J connectivity index is 1.36.